The Kier molecular flexibility index (Phi) is 6.87. The first kappa shape index (κ1) is 17.5. The van der Waals surface area contributed by atoms with Gasteiger partial charge in [-0.2, -0.15) is 0 Å². The highest BCUT2D eigenvalue weighted by molar-refractivity contribution is 5.17. The Morgan fingerprint density at radius 3 is 2.41 bits per heavy atom. The molecule has 0 saturated carbocycles. The number of hydrogen-bond acceptors (Lipinski definition) is 3. The Morgan fingerprint density at radius 1 is 1.18 bits per heavy atom. The molecule has 1 aromatic rings. The van der Waals surface area contributed by atoms with E-state index in [1.54, 1.807) is 0 Å². The number of β-amino-alcohol motifs (C(OH)–C–C–N with tert-alkyl or cyclic N) is 1. The lowest BCUT2D eigenvalue weighted by Crippen LogP contribution is -2.48. The first-order chi connectivity index (χ1) is 10.6. The molecule has 0 amide bonds. The lowest BCUT2D eigenvalue weighted by Gasteiger charge is -2.40. The summed E-state index contributed by atoms with van der Waals surface area (Å²) in [6.45, 7) is 7.78. The SMILES string of the molecule is CC[C@H](OC[C@H](O)CN1[C@H](C)CCC[C@H]1C)c1ccccc1. The van der Waals surface area contributed by atoms with Gasteiger partial charge in [-0.1, -0.05) is 43.7 Å². The summed E-state index contributed by atoms with van der Waals surface area (Å²) in [4.78, 5) is 2.43. The van der Waals surface area contributed by atoms with Crippen LogP contribution in [0.3, 0.4) is 0 Å². The minimum absolute atomic E-state index is 0.0760. The van der Waals surface area contributed by atoms with Crippen LogP contribution in [0, 0.1) is 0 Å². The molecule has 2 rings (SSSR count). The number of aliphatic hydroxyl groups is 1. The van der Waals surface area contributed by atoms with Crippen LogP contribution in [-0.2, 0) is 4.74 Å². The Hall–Kier alpha value is -0.900. The molecule has 1 saturated heterocycles. The van der Waals surface area contributed by atoms with Gasteiger partial charge in [0.2, 0.25) is 0 Å². The Balaban J connectivity index is 1.82. The molecule has 4 atom stereocenters. The van der Waals surface area contributed by atoms with Gasteiger partial charge in [0.05, 0.1) is 18.8 Å². The van der Waals surface area contributed by atoms with E-state index in [0.717, 1.165) is 6.42 Å². The van der Waals surface area contributed by atoms with Crippen molar-refractivity contribution in [2.75, 3.05) is 13.2 Å². The molecule has 1 aliphatic rings. The third kappa shape index (κ3) is 4.80. The number of hydrogen-bond donors (Lipinski definition) is 1. The van der Waals surface area contributed by atoms with E-state index < -0.39 is 6.10 Å². The number of rotatable bonds is 7. The summed E-state index contributed by atoms with van der Waals surface area (Å²) >= 11 is 0. The maximum absolute atomic E-state index is 10.4. The number of likely N-dealkylation sites (tertiary alicyclic amines) is 1. The van der Waals surface area contributed by atoms with E-state index in [2.05, 4.69) is 37.8 Å². The van der Waals surface area contributed by atoms with Crippen LogP contribution in [0.1, 0.15) is 58.1 Å². The van der Waals surface area contributed by atoms with Gasteiger partial charge in [-0.05, 0) is 38.7 Å². The second-order valence-electron chi connectivity index (χ2n) is 6.62. The molecule has 0 radical (unpaired) electrons. The first-order valence-corrected chi connectivity index (χ1v) is 8.72. The van der Waals surface area contributed by atoms with E-state index in [-0.39, 0.29) is 6.10 Å². The van der Waals surface area contributed by atoms with Crippen molar-refractivity contribution in [3.63, 3.8) is 0 Å². The number of benzene rings is 1. The molecule has 0 spiro atoms. The minimum atomic E-state index is -0.416. The van der Waals surface area contributed by atoms with Gasteiger partial charge in [-0.3, -0.25) is 4.90 Å². The Morgan fingerprint density at radius 2 is 1.82 bits per heavy atom. The van der Waals surface area contributed by atoms with E-state index in [4.69, 9.17) is 4.74 Å². The number of aliphatic hydroxyl groups excluding tert-OH is 1. The van der Waals surface area contributed by atoms with Crippen molar-refractivity contribution in [2.24, 2.45) is 0 Å². The molecule has 0 aromatic heterocycles. The van der Waals surface area contributed by atoms with Crippen molar-refractivity contribution < 1.29 is 9.84 Å². The van der Waals surface area contributed by atoms with E-state index >= 15 is 0 Å². The van der Waals surface area contributed by atoms with Gasteiger partial charge in [0.1, 0.15) is 0 Å². The molecule has 3 heteroatoms. The Labute approximate surface area is 135 Å². The van der Waals surface area contributed by atoms with Crippen LogP contribution >= 0.6 is 0 Å². The fraction of sp³-hybridized carbons (Fsp3) is 0.684. The third-order valence-corrected chi connectivity index (χ3v) is 4.83. The third-order valence-electron chi connectivity index (χ3n) is 4.83. The van der Waals surface area contributed by atoms with Crippen molar-refractivity contribution in [3.05, 3.63) is 35.9 Å². The maximum atomic E-state index is 10.4. The summed E-state index contributed by atoms with van der Waals surface area (Å²) in [5, 5.41) is 10.4. The molecule has 1 fully saturated rings. The molecular weight excluding hydrogens is 274 g/mol. The second-order valence-corrected chi connectivity index (χ2v) is 6.62. The molecule has 1 aromatic carbocycles. The van der Waals surface area contributed by atoms with E-state index in [1.165, 1.54) is 24.8 Å². The van der Waals surface area contributed by atoms with Gasteiger partial charge in [-0.25, -0.2) is 0 Å². The quantitative estimate of drug-likeness (QED) is 0.832. The first-order valence-electron chi connectivity index (χ1n) is 8.72. The predicted molar refractivity (Wildman–Crippen MR) is 90.9 cm³/mol. The van der Waals surface area contributed by atoms with Gasteiger partial charge in [0, 0.05) is 18.6 Å². The predicted octanol–water partition coefficient (Wildman–Crippen LogP) is 3.78. The highest BCUT2D eigenvalue weighted by Gasteiger charge is 2.26. The minimum Gasteiger partial charge on any atom is -0.389 e. The van der Waals surface area contributed by atoms with Gasteiger partial charge in [0.25, 0.3) is 0 Å². The fourth-order valence-electron chi connectivity index (χ4n) is 3.48. The summed E-state index contributed by atoms with van der Waals surface area (Å²) in [5.74, 6) is 0. The highest BCUT2D eigenvalue weighted by Crippen LogP contribution is 2.24. The number of piperidine rings is 1. The topological polar surface area (TPSA) is 32.7 Å². The van der Waals surface area contributed by atoms with Crippen LogP contribution in [0.15, 0.2) is 30.3 Å². The normalized spacial score (nSPS) is 25.8. The molecule has 124 valence electrons. The monoisotopic (exact) mass is 305 g/mol. The van der Waals surface area contributed by atoms with Crippen LogP contribution in [0.5, 0.6) is 0 Å². The maximum Gasteiger partial charge on any atom is 0.0900 e. The van der Waals surface area contributed by atoms with Gasteiger partial charge in [0.15, 0.2) is 0 Å². The van der Waals surface area contributed by atoms with E-state index in [1.807, 2.05) is 18.2 Å². The second kappa shape index (κ2) is 8.66. The molecule has 0 aliphatic carbocycles. The number of nitrogens with zero attached hydrogens (tertiary/aromatic N) is 1. The van der Waals surface area contributed by atoms with Gasteiger partial charge in [-0.15, -0.1) is 0 Å². The standard InChI is InChI=1S/C19H31NO2/c1-4-19(17-11-6-5-7-12-17)22-14-18(21)13-20-15(2)9-8-10-16(20)3/h5-7,11-12,15-16,18-19,21H,4,8-10,13-14H2,1-3H3/t15-,16-,18-,19+/m1/s1. The summed E-state index contributed by atoms with van der Waals surface area (Å²) in [6, 6.07) is 11.4. The van der Waals surface area contributed by atoms with Crippen molar-refractivity contribution in [1.82, 2.24) is 4.90 Å². The smallest absolute Gasteiger partial charge is 0.0900 e. The zero-order valence-corrected chi connectivity index (χ0v) is 14.2. The Bertz CT molecular complexity index is 413. The lowest BCUT2D eigenvalue weighted by atomic mass is 9.97. The molecule has 1 heterocycles. The van der Waals surface area contributed by atoms with Crippen LogP contribution in [0.25, 0.3) is 0 Å². The van der Waals surface area contributed by atoms with Crippen LogP contribution in [0.2, 0.25) is 0 Å². The molecule has 1 aliphatic heterocycles. The van der Waals surface area contributed by atoms with Crippen molar-refractivity contribution in [2.45, 2.75) is 70.7 Å². The zero-order chi connectivity index (χ0) is 15.9. The molecule has 1 N–H and O–H groups in total. The van der Waals surface area contributed by atoms with Gasteiger partial charge < -0.3 is 9.84 Å². The van der Waals surface area contributed by atoms with Crippen LogP contribution < -0.4 is 0 Å². The van der Waals surface area contributed by atoms with E-state index in [9.17, 15) is 5.11 Å². The van der Waals surface area contributed by atoms with E-state index in [0.29, 0.717) is 25.2 Å². The van der Waals surface area contributed by atoms with Crippen molar-refractivity contribution >= 4 is 0 Å². The van der Waals surface area contributed by atoms with Crippen LogP contribution in [0.4, 0.5) is 0 Å². The molecular formula is C19H31NO2. The summed E-state index contributed by atoms with van der Waals surface area (Å²) in [6.07, 6.45) is 4.36. The average Bonchev–Trinajstić information content (AvgIpc) is 2.53. The largest absolute Gasteiger partial charge is 0.389 e. The summed E-state index contributed by atoms with van der Waals surface area (Å²) in [5.41, 5.74) is 1.19. The van der Waals surface area contributed by atoms with Crippen LogP contribution in [-0.4, -0.2) is 41.3 Å². The lowest BCUT2D eigenvalue weighted by molar-refractivity contribution is -0.0377. The average molecular weight is 305 g/mol. The molecule has 22 heavy (non-hydrogen) atoms. The molecule has 0 unspecified atom stereocenters. The summed E-state index contributed by atoms with van der Waals surface area (Å²) in [7, 11) is 0. The van der Waals surface area contributed by atoms with Gasteiger partial charge >= 0.3 is 0 Å². The number of ether oxygens (including phenoxy) is 1. The zero-order valence-electron chi connectivity index (χ0n) is 14.2. The molecule has 0 bridgehead atoms. The summed E-state index contributed by atoms with van der Waals surface area (Å²) < 4.78 is 5.97. The highest BCUT2D eigenvalue weighted by atomic mass is 16.5. The van der Waals surface area contributed by atoms with Crippen molar-refractivity contribution in [3.8, 4) is 0 Å². The molecule has 3 nitrogen and oxygen atoms in total. The van der Waals surface area contributed by atoms with Crippen molar-refractivity contribution in [1.29, 1.82) is 0 Å². The fourth-order valence-corrected chi connectivity index (χ4v) is 3.48.